The number of hydrogen-bond acceptors (Lipinski definition) is 4. The van der Waals surface area contributed by atoms with Crippen LogP contribution in [-0.2, 0) is 10.0 Å². The maximum absolute atomic E-state index is 12.8. The van der Waals surface area contributed by atoms with E-state index in [1.54, 1.807) is 35.7 Å². The molecule has 0 radical (unpaired) electrons. The lowest BCUT2D eigenvalue weighted by atomic mass is 10.2. The summed E-state index contributed by atoms with van der Waals surface area (Å²) in [5.41, 5.74) is 1.19. The number of sulfonamides is 1. The molecule has 28 heavy (non-hydrogen) atoms. The molecule has 0 saturated carbocycles. The molecule has 2 aromatic carbocycles. The lowest BCUT2D eigenvalue weighted by Crippen LogP contribution is -3.14. The maximum Gasteiger partial charge on any atom is 0.243 e. The first-order chi connectivity index (χ1) is 13.5. The largest absolute Gasteiger partial charge is 0.497 e. The summed E-state index contributed by atoms with van der Waals surface area (Å²) < 4.78 is 38.1. The first kappa shape index (κ1) is 20.6. The number of nitrogens with one attached hydrogen (secondary N) is 1. The van der Waals surface area contributed by atoms with Crippen LogP contribution in [0.4, 0.5) is 0 Å². The van der Waals surface area contributed by atoms with Gasteiger partial charge < -0.3 is 14.4 Å². The average molecular weight is 406 g/mol. The van der Waals surface area contributed by atoms with Crippen LogP contribution in [0.1, 0.15) is 12.0 Å². The molecule has 0 spiro atoms. The Morgan fingerprint density at radius 3 is 2.39 bits per heavy atom. The van der Waals surface area contributed by atoms with Crippen molar-refractivity contribution >= 4 is 10.0 Å². The van der Waals surface area contributed by atoms with Gasteiger partial charge >= 0.3 is 0 Å². The molecular formula is C21H29N2O4S+. The third-order valence-electron chi connectivity index (χ3n) is 5.06. The molecule has 1 aliphatic heterocycles. The fraction of sp³-hybridized carbons (Fsp3) is 0.429. The molecule has 152 valence electrons. The molecule has 1 N–H and O–H groups in total. The quantitative estimate of drug-likeness (QED) is 0.674. The summed E-state index contributed by atoms with van der Waals surface area (Å²) in [5, 5.41) is 0. The second-order valence-corrected chi connectivity index (χ2v) is 9.04. The molecule has 1 heterocycles. The zero-order valence-corrected chi connectivity index (χ0v) is 17.4. The molecule has 0 amide bonds. The molecule has 0 unspecified atom stereocenters. The monoisotopic (exact) mass is 405 g/mol. The number of aryl methyl sites for hydroxylation is 1. The Labute approximate surface area is 167 Å². The van der Waals surface area contributed by atoms with E-state index in [1.165, 1.54) is 10.5 Å². The highest BCUT2D eigenvalue weighted by Crippen LogP contribution is 2.19. The topological polar surface area (TPSA) is 60.3 Å². The molecular weight excluding hydrogens is 376 g/mol. The highest BCUT2D eigenvalue weighted by atomic mass is 32.2. The van der Waals surface area contributed by atoms with Crippen LogP contribution in [0.5, 0.6) is 11.5 Å². The second kappa shape index (κ2) is 9.41. The third kappa shape index (κ3) is 5.25. The van der Waals surface area contributed by atoms with Gasteiger partial charge in [-0.2, -0.15) is 4.31 Å². The van der Waals surface area contributed by atoms with E-state index in [4.69, 9.17) is 9.47 Å². The first-order valence-electron chi connectivity index (χ1n) is 9.66. The minimum absolute atomic E-state index is 0.323. The van der Waals surface area contributed by atoms with Gasteiger partial charge in [0.1, 0.15) is 11.5 Å². The van der Waals surface area contributed by atoms with Crippen molar-refractivity contribution in [3.05, 3.63) is 54.1 Å². The fourth-order valence-electron chi connectivity index (χ4n) is 3.41. The summed E-state index contributed by atoms with van der Waals surface area (Å²) in [6.45, 7) is 6.45. The van der Waals surface area contributed by atoms with Crippen LogP contribution in [0.2, 0.25) is 0 Å². The Morgan fingerprint density at radius 1 is 1.04 bits per heavy atom. The highest BCUT2D eigenvalue weighted by Gasteiger charge is 2.30. The van der Waals surface area contributed by atoms with Crippen molar-refractivity contribution < 1.29 is 22.8 Å². The van der Waals surface area contributed by atoms with Gasteiger partial charge in [-0.25, -0.2) is 8.42 Å². The Bertz CT molecular complexity index is 860. The molecule has 0 bridgehead atoms. The molecule has 0 atom stereocenters. The van der Waals surface area contributed by atoms with E-state index in [1.807, 2.05) is 18.2 Å². The Morgan fingerprint density at radius 2 is 1.75 bits per heavy atom. The Kier molecular flexibility index (Phi) is 6.93. The molecule has 0 aromatic heterocycles. The Hall–Kier alpha value is -2.09. The van der Waals surface area contributed by atoms with Crippen molar-refractivity contribution in [3.8, 4) is 11.5 Å². The van der Waals surface area contributed by atoms with Crippen LogP contribution in [0, 0.1) is 6.92 Å². The predicted octanol–water partition coefficient (Wildman–Crippen LogP) is 1.36. The minimum Gasteiger partial charge on any atom is -0.497 e. The number of quaternary nitrogens is 1. The number of methoxy groups -OCH3 is 1. The molecule has 3 rings (SSSR count). The van der Waals surface area contributed by atoms with Crippen molar-refractivity contribution in [2.24, 2.45) is 0 Å². The highest BCUT2D eigenvalue weighted by molar-refractivity contribution is 7.89. The number of hydrogen-bond donors (Lipinski definition) is 1. The zero-order valence-electron chi connectivity index (χ0n) is 16.6. The fourth-order valence-corrected chi connectivity index (χ4v) is 4.85. The van der Waals surface area contributed by atoms with Crippen LogP contribution >= 0.6 is 0 Å². The van der Waals surface area contributed by atoms with E-state index >= 15 is 0 Å². The SMILES string of the molecule is COc1ccc(S(=O)(=O)N2CC[NH+](CCCOc3cccc(C)c3)CC2)cc1. The molecule has 2 aromatic rings. The van der Waals surface area contributed by atoms with Crippen LogP contribution in [-0.4, -0.2) is 59.2 Å². The number of benzene rings is 2. The van der Waals surface area contributed by atoms with Crippen LogP contribution < -0.4 is 14.4 Å². The van der Waals surface area contributed by atoms with Crippen molar-refractivity contribution in [2.75, 3.05) is 46.4 Å². The van der Waals surface area contributed by atoms with Crippen LogP contribution in [0.3, 0.4) is 0 Å². The molecule has 1 saturated heterocycles. The van der Waals surface area contributed by atoms with Gasteiger partial charge in [-0.05, 0) is 48.9 Å². The Balaban J connectivity index is 1.43. The summed E-state index contributed by atoms with van der Waals surface area (Å²) in [7, 11) is -1.87. The number of nitrogens with zero attached hydrogens (tertiary/aromatic N) is 1. The van der Waals surface area contributed by atoms with Gasteiger partial charge in [-0.1, -0.05) is 12.1 Å². The average Bonchev–Trinajstić information content (AvgIpc) is 2.72. The number of ether oxygens (including phenoxy) is 2. The van der Waals surface area contributed by atoms with E-state index in [-0.39, 0.29) is 0 Å². The standard InChI is InChI=1S/C21H28N2O4S/c1-18-5-3-6-20(17-18)27-16-4-11-22-12-14-23(15-13-22)28(24,25)21-9-7-19(26-2)8-10-21/h3,5-10,17H,4,11-16H2,1-2H3/p+1. The van der Waals surface area contributed by atoms with Crippen molar-refractivity contribution in [3.63, 3.8) is 0 Å². The van der Waals surface area contributed by atoms with Crippen molar-refractivity contribution in [1.29, 1.82) is 0 Å². The minimum atomic E-state index is -3.44. The predicted molar refractivity (Wildman–Crippen MR) is 109 cm³/mol. The third-order valence-corrected chi connectivity index (χ3v) is 6.97. The zero-order chi connectivity index (χ0) is 20.0. The lowest BCUT2D eigenvalue weighted by Gasteiger charge is -2.31. The lowest BCUT2D eigenvalue weighted by molar-refractivity contribution is -0.903. The van der Waals surface area contributed by atoms with E-state index in [2.05, 4.69) is 13.0 Å². The van der Waals surface area contributed by atoms with Gasteiger partial charge in [-0.15, -0.1) is 0 Å². The molecule has 6 nitrogen and oxygen atoms in total. The van der Waals surface area contributed by atoms with Gasteiger partial charge in [0.2, 0.25) is 10.0 Å². The van der Waals surface area contributed by atoms with Gasteiger partial charge in [0.15, 0.2) is 0 Å². The van der Waals surface area contributed by atoms with E-state index in [0.29, 0.717) is 30.3 Å². The maximum atomic E-state index is 12.8. The smallest absolute Gasteiger partial charge is 0.243 e. The summed E-state index contributed by atoms with van der Waals surface area (Å²) in [6, 6.07) is 14.6. The van der Waals surface area contributed by atoms with E-state index in [9.17, 15) is 8.42 Å². The van der Waals surface area contributed by atoms with Gasteiger partial charge in [0, 0.05) is 6.42 Å². The normalized spacial score (nSPS) is 16.1. The van der Waals surface area contributed by atoms with E-state index in [0.717, 1.165) is 31.8 Å². The molecule has 1 aliphatic rings. The summed E-state index contributed by atoms with van der Waals surface area (Å²) in [4.78, 5) is 1.75. The number of piperazine rings is 1. The summed E-state index contributed by atoms with van der Waals surface area (Å²) >= 11 is 0. The van der Waals surface area contributed by atoms with Crippen LogP contribution in [0.25, 0.3) is 0 Å². The summed E-state index contributed by atoms with van der Waals surface area (Å²) in [5.74, 6) is 1.56. The van der Waals surface area contributed by atoms with Gasteiger partial charge in [-0.3, -0.25) is 0 Å². The van der Waals surface area contributed by atoms with Crippen LogP contribution in [0.15, 0.2) is 53.4 Å². The molecule has 1 fully saturated rings. The van der Waals surface area contributed by atoms with E-state index < -0.39 is 10.0 Å². The van der Waals surface area contributed by atoms with Gasteiger partial charge in [0.05, 0.1) is 51.3 Å². The molecule has 7 heteroatoms. The number of rotatable bonds is 8. The first-order valence-corrected chi connectivity index (χ1v) is 11.1. The summed E-state index contributed by atoms with van der Waals surface area (Å²) in [6.07, 6.45) is 0.953. The van der Waals surface area contributed by atoms with Crippen molar-refractivity contribution in [2.45, 2.75) is 18.2 Å². The second-order valence-electron chi connectivity index (χ2n) is 7.10. The van der Waals surface area contributed by atoms with Gasteiger partial charge in [0.25, 0.3) is 0 Å². The van der Waals surface area contributed by atoms with Crippen molar-refractivity contribution in [1.82, 2.24) is 4.31 Å². The molecule has 0 aliphatic carbocycles.